The van der Waals surface area contributed by atoms with Crippen molar-refractivity contribution in [2.75, 3.05) is 13.7 Å². The Morgan fingerprint density at radius 1 is 1.27 bits per heavy atom. The van der Waals surface area contributed by atoms with Crippen molar-refractivity contribution in [3.8, 4) is 11.5 Å². The zero-order chi connectivity index (χ0) is 15.9. The first-order valence-electron chi connectivity index (χ1n) is 6.48. The summed E-state index contributed by atoms with van der Waals surface area (Å²) in [6.45, 7) is -0.124. The summed E-state index contributed by atoms with van der Waals surface area (Å²) in [5, 5.41) is 8.61. The number of aliphatic carboxylic acids is 1. The Labute approximate surface area is 127 Å². The first kappa shape index (κ1) is 15.4. The number of ketones is 1. The van der Waals surface area contributed by atoms with E-state index in [-0.39, 0.29) is 12.4 Å². The molecule has 6 heteroatoms. The van der Waals surface area contributed by atoms with Crippen molar-refractivity contribution in [2.24, 2.45) is 0 Å². The van der Waals surface area contributed by atoms with Crippen molar-refractivity contribution < 1.29 is 24.2 Å². The second-order valence-corrected chi connectivity index (χ2v) is 4.38. The molecule has 1 aromatic carbocycles. The minimum Gasteiger partial charge on any atom is -0.493 e. The summed E-state index contributed by atoms with van der Waals surface area (Å²) >= 11 is 0. The van der Waals surface area contributed by atoms with E-state index < -0.39 is 5.97 Å². The second kappa shape index (κ2) is 7.12. The normalized spacial score (nSPS) is 10.6. The minimum atomic E-state index is -1.03. The summed E-state index contributed by atoms with van der Waals surface area (Å²) in [6.07, 6.45) is 4.14. The fraction of sp³-hybridized carbons (Fsp3) is 0.125. The molecule has 0 spiro atoms. The number of hydrogen-bond acceptors (Lipinski definition) is 4. The molecule has 1 aromatic heterocycles. The molecule has 0 atom stereocenters. The van der Waals surface area contributed by atoms with Crippen molar-refractivity contribution in [2.45, 2.75) is 0 Å². The third kappa shape index (κ3) is 3.99. The van der Waals surface area contributed by atoms with E-state index in [0.717, 1.165) is 6.08 Å². The Morgan fingerprint density at radius 3 is 2.73 bits per heavy atom. The van der Waals surface area contributed by atoms with Gasteiger partial charge in [0.2, 0.25) is 5.78 Å². The number of H-pyrrole nitrogens is 1. The van der Waals surface area contributed by atoms with E-state index in [4.69, 9.17) is 14.6 Å². The third-order valence-corrected chi connectivity index (χ3v) is 2.86. The van der Waals surface area contributed by atoms with Crippen LogP contribution >= 0.6 is 0 Å². The molecule has 1 heterocycles. The average molecular weight is 301 g/mol. The largest absolute Gasteiger partial charge is 0.493 e. The molecule has 0 unspecified atom stereocenters. The minimum absolute atomic E-state index is 0.124. The van der Waals surface area contributed by atoms with Gasteiger partial charge in [0.15, 0.2) is 18.1 Å². The standard InChI is InChI=1S/C16H15NO5/c1-21-15-9-11(5-7-16(19)20)4-6-14(15)22-10-13(18)12-3-2-8-17-12/h2-9,17H,10H2,1H3,(H,19,20). The van der Waals surface area contributed by atoms with Crippen LogP contribution in [0.5, 0.6) is 11.5 Å². The Kier molecular flexibility index (Phi) is 4.98. The van der Waals surface area contributed by atoms with E-state index in [1.807, 2.05) is 0 Å². The lowest BCUT2D eigenvalue weighted by Crippen LogP contribution is -2.12. The highest BCUT2D eigenvalue weighted by atomic mass is 16.5. The van der Waals surface area contributed by atoms with Gasteiger partial charge in [-0.2, -0.15) is 0 Å². The number of hydrogen-bond donors (Lipinski definition) is 2. The predicted octanol–water partition coefficient (Wildman–Crippen LogP) is 2.38. The summed E-state index contributed by atoms with van der Waals surface area (Å²) in [6, 6.07) is 8.34. The maximum Gasteiger partial charge on any atom is 0.328 e. The smallest absolute Gasteiger partial charge is 0.328 e. The lowest BCUT2D eigenvalue weighted by atomic mass is 10.2. The van der Waals surface area contributed by atoms with E-state index in [0.29, 0.717) is 22.8 Å². The van der Waals surface area contributed by atoms with Gasteiger partial charge in [0.05, 0.1) is 12.8 Å². The molecule has 6 nitrogen and oxygen atoms in total. The number of aromatic nitrogens is 1. The molecule has 2 aromatic rings. The van der Waals surface area contributed by atoms with Gasteiger partial charge in [0, 0.05) is 12.3 Å². The molecule has 0 bridgehead atoms. The summed E-state index contributed by atoms with van der Waals surface area (Å²) < 4.78 is 10.6. The topological polar surface area (TPSA) is 88.6 Å². The van der Waals surface area contributed by atoms with E-state index in [1.165, 1.54) is 13.2 Å². The monoisotopic (exact) mass is 301 g/mol. The van der Waals surface area contributed by atoms with Gasteiger partial charge in [-0.3, -0.25) is 4.79 Å². The molecular formula is C16H15NO5. The number of rotatable bonds is 7. The van der Waals surface area contributed by atoms with Gasteiger partial charge in [0.25, 0.3) is 0 Å². The number of aromatic amines is 1. The lowest BCUT2D eigenvalue weighted by molar-refractivity contribution is -0.131. The lowest BCUT2D eigenvalue weighted by Gasteiger charge is -2.10. The van der Waals surface area contributed by atoms with Crippen molar-refractivity contribution in [3.05, 3.63) is 53.9 Å². The van der Waals surface area contributed by atoms with Crippen molar-refractivity contribution in [3.63, 3.8) is 0 Å². The van der Waals surface area contributed by atoms with Crippen LogP contribution in [0.15, 0.2) is 42.6 Å². The van der Waals surface area contributed by atoms with Crippen molar-refractivity contribution >= 4 is 17.8 Å². The van der Waals surface area contributed by atoms with Crippen molar-refractivity contribution in [1.82, 2.24) is 4.98 Å². The van der Waals surface area contributed by atoms with Gasteiger partial charge in [-0.05, 0) is 35.9 Å². The van der Waals surface area contributed by atoms with Gasteiger partial charge in [-0.25, -0.2) is 4.79 Å². The van der Waals surface area contributed by atoms with Gasteiger partial charge in [0.1, 0.15) is 0 Å². The molecule has 0 aliphatic rings. The van der Waals surface area contributed by atoms with Crippen LogP contribution in [0.4, 0.5) is 0 Å². The van der Waals surface area contributed by atoms with Crippen LogP contribution in [0.2, 0.25) is 0 Å². The summed E-state index contributed by atoms with van der Waals surface area (Å²) in [7, 11) is 1.47. The quantitative estimate of drug-likeness (QED) is 0.605. The second-order valence-electron chi connectivity index (χ2n) is 4.38. The highest BCUT2D eigenvalue weighted by Gasteiger charge is 2.10. The van der Waals surface area contributed by atoms with Gasteiger partial charge >= 0.3 is 5.97 Å². The maximum absolute atomic E-state index is 11.8. The molecule has 0 saturated heterocycles. The maximum atomic E-state index is 11.8. The van der Waals surface area contributed by atoms with E-state index >= 15 is 0 Å². The molecule has 0 radical (unpaired) electrons. The number of carboxylic acid groups (broad SMARTS) is 1. The van der Waals surface area contributed by atoms with Crippen LogP contribution in [-0.2, 0) is 4.79 Å². The Hall–Kier alpha value is -3.02. The number of carbonyl (C=O) groups excluding carboxylic acids is 1. The first-order chi connectivity index (χ1) is 10.6. The number of methoxy groups -OCH3 is 1. The number of carboxylic acids is 1. The molecule has 2 rings (SSSR count). The van der Waals surface area contributed by atoms with Crippen LogP contribution in [0.1, 0.15) is 16.1 Å². The Bertz CT molecular complexity index is 689. The first-order valence-corrected chi connectivity index (χ1v) is 6.48. The number of Topliss-reactive ketones (excluding diaryl/α,β-unsaturated/α-hetero) is 1. The number of benzene rings is 1. The average Bonchev–Trinajstić information content (AvgIpc) is 3.05. The van der Waals surface area contributed by atoms with Gasteiger partial charge in [-0.1, -0.05) is 6.07 Å². The van der Waals surface area contributed by atoms with Crippen LogP contribution < -0.4 is 9.47 Å². The van der Waals surface area contributed by atoms with E-state index in [2.05, 4.69) is 4.98 Å². The summed E-state index contributed by atoms with van der Waals surface area (Å²) in [5.41, 5.74) is 1.13. The number of carbonyl (C=O) groups is 2. The van der Waals surface area contributed by atoms with Crippen molar-refractivity contribution in [1.29, 1.82) is 0 Å². The molecular weight excluding hydrogens is 286 g/mol. The van der Waals surface area contributed by atoms with Gasteiger partial charge < -0.3 is 19.6 Å². The molecule has 0 aliphatic heterocycles. The summed E-state index contributed by atoms with van der Waals surface area (Å²) in [4.78, 5) is 25.2. The van der Waals surface area contributed by atoms with Crippen LogP contribution in [0.25, 0.3) is 6.08 Å². The van der Waals surface area contributed by atoms with Crippen LogP contribution in [-0.4, -0.2) is 35.6 Å². The molecule has 2 N–H and O–H groups in total. The number of ether oxygens (including phenoxy) is 2. The van der Waals surface area contributed by atoms with E-state index in [9.17, 15) is 9.59 Å². The molecule has 22 heavy (non-hydrogen) atoms. The molecule has 0 aliphatic carbocycles. The fourth-order valence-electron chi connectivity index (χ4n) is 1.80. The molecule has 0 saturated carbocycles. The molecule has 114 valence electrons. The zero-order valence-corrected chi connectivity index (χ0v) is 11.9. The highest BCUT2D eigenvalue weighted by molar-refractivity contribution is 5.95. The zero-order valence-electron chi connectivity index (χ0n) is 11.9. The number of nitrogens with one attached hydrogen (secondary N) is 1. The summed E-state index contributed by atoms with van der Waals surface area (Å²) in [5.74, 6) is -0.376. The SMILES string of the molecule is COc1cc(C=CC(=O)O)ccc1OCC(=O)c1ccc[nH]1. The third-order valence-electron chi connectivity index (χ3n) is 2.86. The fourth-order valence-corrected chi connectivity index (χ4v) is 1.80. The van der Waals surface area contributed by atoms with Crippen LogP contribution in [0, 0.1) is 0 Å². The Balaban J connectivity index is 2.07. The predicted molar refractivity (Wildman–Crippen MR) is 80.3 cm³/mol. The van der Waals surface area contributed by atoms with Gasteiger partial charge in [-0.15, -0.1) is 0 Å². The highest BCUT2D eigenvalue weighted by Crippen LogP contribution is 2.28. The molecule has 0 amide bonds. The Morgan fingerprint density at radius 2 is 2.09 bits per heavy atom. The van der Waals surface area contributed by atoms with Crippen LogP contribution in [0.3, 0.4) is 0 Å². The molecule has 0 fully saturated rings. The van der Waals surface area contributed by atoms with E-state index in [1.54, 1.807) is 36.5 Å².